The van der Waals surface area contributed by atoms with Gasteiger partial charge < -0.3 is 23.8 Å². The molecule has 3 aromatic carbocycles. The normalized spacial score (nSPS) is 12.3. The number of hydrogen-bond donors (Lipinski definition) is 0. The van der Waals surface area contributed by atoms with Crippen LogP contribution in [0.2, 0.25) is 5.02 Å². The number of carbonyl (C=O) groups is 3. The van der Waals surface area contributed by atoms with Crippen LogP contribution >= 0.6 is 11.6 Å². The van der Waals surface area contributed by atoms with Gasteiger partial charge in [-0.3, -0.25) is 14.5 Å². The van der Waals surface area contributed by atoms with E-state index in [1.54, 1.807) is 60.4 Å². The number of benzene rings is 3. The van der Waals surface area contributed by atoms with Gasteiger partial charge in [-0.05, 0) is 61.0 Å². The van der Waals surface area contributed by atoms with E-state index in [2.05, 4.69) is 0 Å². The summed E-state index contributed by atoms with van der Waals surface area (Å²) >= 11 is 5.89. The molecule has 0 fully saturated rings. The Hall–Kier alpha value is -4.24. The lowest BCUT2D eigenvalue weighted by Gasteiger charge is -2.29. The van der Waals surface area contributed by atoms with E-state index in [1.165, 1.54) is 4.90 Å². The molecule has 0 saturated carbocycles. The Bertz CT molecular complexity index is 1260. The van der Waals surface area contributed by atoms with E-state index in [0.29, 0.717) is 28.8 Å². The van der Waals surface area contributed by atoms with Gasteiger partial charge in [0.2, 0.25) is 0 Å². The zero-order valence-electron chi connectivity index (χ0n) is 20.8. The van der Waals surface area contributed by atoms with E-state index in [4.69, 9.17) is 30.5 Å². The van der Waals surface area contributed by atoms with E-state index >= 15 is 0 Å². The fourth-order valence-electron chi connectivity index (χ4n) is 3.78. The zero-order valence-corrected chi connectivity index (χ0v) is 21.6. The van der Waals surface area contributed by atoms with Gasteiger partial charge in [-0.25, -0.2) is 4.79 Å². The summed E-state index contributed by atoms with van der Waals surface area (Å²) < 4.78 is 21.7. The van der Waals surface area contributed by atoms with Crippen LogP contribution in [0.5, 0.6) is 17.2 Å². The van der Waals surface area contributed by atoms with Gasteiger partial charge in [0.25, 0.3) is 5.91 Å². The first-order valence-corrected chi connectivity index (χ1v) is 12.4. The Morgan fingerprint density at radius 1 is 1.00 bits per heavy atom. The SMILES string of the molecule is CCOC(=O)CN(Cc1ccc(OCCN2C(=O)COc3ccccc32)cc1)C(=O)Oc1ccc(Cl)cc1. The van der Waals surface area contributed by atoms with Crippen molar-refractivity contribution in [2.45, 2.75) is 13.5 Å². The number of carbonyl (C=O) groups excluding carboxylic acids is 3. The molecule has 0 aromatic heterocycles. The third-order valence-electron chi connectivity index (χ3n) is 5.59. The predicted octanol–water partition coefficient (Wildman–Crippen LogP) is 4.71. The fourth-order valence-corrected chi connectivity index (χ4v) is 3.91. The lowest BCUT2D eigenvalue weighted by molar-refractivity contribution is -0.144. The van der Waals surface area contributed by atoms with Crippen LogP contribution in [0.4, 0.5) is 10.5 Å². The summed E-state index contributed by atoms with van der Waals surface area (Å²) in [6.45, 7) is 2.38. The fraction of sp³-hybridized carbons (Fsp3) is 0.250. The van der Waals surface area contributed by atoms with Crippen molar-refractivity contribution in [1.82, 2.24) is 4.90 Å². The van der Waals surface area contributed by atoms with E-state index < -0.39 is 12.1 Å². The van der Waals surface area contributed by atoms with E-state index in [-0.39, 0.29) is 38.8 Å². The molecule has 38 heavy (non-hydrogen) atoms. The summed E-state index contributed by atoms with van der Waals surface area (Å²) in [7, 11) is 0. The monoisotopic (exact) mass is 538 g/mol. The van der Waals surface area contributed by atoms with Gasteiger partial charge in [-0.15, -0.1) is 0 Å². The third kappa shape index (κ3) is 7.17. The minimum atomic E-state index is -0.698. The second kappa shape index (κ2) is 12.8. The summed E-state index contributed by atoms with van der Waals surface area (Å²) in [5, 5.41) is 0.511. The molecule has 3 aromatic rings. The second-order valence-corrected chi connectivity index (χ2v) is 8.71. The summed E-state index contributed by atoms with van der Waals surface area (Å²) in [5.74, 6) is 0.898. The largest absolute Gasteiger partial charge is 0.492 e. The highest BCUT2D eigenvalue weighted by Gasteiger charge is 2.25. The molecule has 9 nitrogen and oxygen atoms in total. The Morgan fingerprint density at radius 3 is 2.45 bits per heavy atom. The minimum Gasteiger partial charge on any atom is -0.492 e. The first-order valence-electron chi connectivity index (χ1n) is 12.0. The van der Waals surface area contributed by atoms with Gasteiger partial charge in [0.05, 0.1) is 18.8 Å². The summed E-state index contributed by atoms with van der Waals surface area (Å²) in [6.07, 6.45) is -0.698. The third-order valence-corrected chi connectivity index (χ3v) is 5.84. The number of esters is 1. The molecule has 0 atom stereocenters. The van der Waals surface area contributed by atoms with Crippen molar-refractivity contribution in [2.75, 3.05) is 37.8 Å². The number of anilines is 1. The van der Waals surface area contributed by atoms with Crippen LogP contribution in [0.25, 0.3) is 0 Å². The van der Waals surface area contributed by atoms with Crippen molar-refractivity contribution in [3.05, 3.63) is 83.4 Å². The number of amides is 2. The highest BCUT2D eigenvalue weighted by Crippen LogP contribution is 2.31. The number of fused-ring (bicyclic) bond motifs is 1. The standard InChI is InChI=1S/C28H27ClN2O7/c1-2-35-27(33)18-30(28(34)38-23-13-9-21(29)10-14-23)17-20-7-11-22(12-8-20)36-16-15-31-24-5-3-4-6-25(24)37-19-26(31)32/h3-14H,2,15-19H2,1H3. The maximum absolute atomic E-state index is 12.8. The van der Waals surface area contributed by atoms with Gasteiger partial charge in [0.15, 0.2) is 6.61 Å². The van der Waals surface area contributed by atoms with Crippen molar-refractivity contribution in [1.29, 1.82) is 0 Å². The molecule has 0 spiro atoms. The van der Waals surface area contributed by atoms with Crippen LogP contribution in [0, 0.1) is 0 Å². The Balaban J connectivity index is 1.35. The average molecular weight is 539 g/mol. The molecule has 0 saturated heterocycles. The molecule has 0 bridgehead atoms. The van der Waals surface area contributed by atoms with Crippen LogP contribution in [0.3, 0.4) is 0 Å². The van der Waals surface area contributed by atoms with Crippen LogP contribution < -0.4 is 19.1 Å². The Labute approximate surface area is 225 Å². The average Bonchev–Trinajstić information content (AvgIpc) is 2.92. The Morgan fingerprint density at radius 2 is 1.71 bits per heavy atom. The molecule has 0 N–H and O–H groups in total. The highest BCUT2D eigenvalue weighted by molar-refractivity contribution is 6.30. The topological polar surface area (TPSA) is 94.6 Å². The van der Waals surface area contributed by atoms with Crippen molar-refractivity contribution < 1.29 is 33.3 Å². The van der Waals surface area contributed by atoms with Crippen molar-refractivity contribution >= 4 is 35.3 Å². The summed E-state index contributed by atoms with van der Waals surface area (Å²) in [5.41, 5.74) is 1.47. The quantitative estimate of drug-likeness (QED) is 0.345. The Kier molecular flexibility index (Phi) is 9.05. The van der Waals surface area contributed by atoms with Crippen LogP contribution in [-0.2, 0) is 20.9 Å². The van der Waals surface area contributed by atoms with Gasteiger partial charge >= 0.3 is 12.1 Å². The maximum Gasteiger partial charge on any atom is 0.416 e. The number of hydrogen-bond acceptors (Lipinski definition) is 7. The van der Waals surface area contributed by atoms with Gasteiger partial charge in [0, 0.05) is 11.6 Å². The molecular formula is C28H27ClN2O7. The van der Waals surface area contributed by atoms with Crippen LogP contribution in [0.1, 0.15) is 12.5 Å². The summed E-state index contributed by atoms with van der Waals surface area (Å²) in [4.78, 5) is 40.1. The molecule has 0 aliphatic carbocycles. The van der Waals surface area contributed by atoms with Crippen molar-refractivity contribution in [3.63, 3.8) is 0 Å². The second-order valence-electron chi connectivity index (χ2n) is 8.28. The van der Waals surface area contributed by atoms with Gasteiger partial charge in [-0.2, -0.15) is 0 Å². The first kappa shape index (κ1) is 26.8. The molecule has 0 radical (unpaired) electrons. The smallest absolute Gasteiger partial charge is 0.416 e. The van der Waals surface area contributed by atoms with Gasteiger partial charge in [0.1, 0.15) is 30.4 Å². The van der Waals surface area contributed by atoms with E-state index in [1.807, 2.05) is 24.3 Å². The highest BCUT2D eigenvalue weighted by atomic mass is 35.5. The number of nitrogens with zero attached hydrogens (tertiary/aromatic N) is 2. The predicted molar refractivity (Wildman–Crippen MR) is 141 cm³/mol. The van der Waals surface area contributed by atoms with Gasteiger partial charge in [-0.1, -0.05) is 35.9 Å². The molecule has 4 rings (SSSR count). The van der Waals surface area contributed by atoms with Crippen molar-refractivity contribution in [3.8, 4) is 17.2 Å². The molecule has 2 amide bonds. The molecular weight excluding hydrogens is 512 g/mol. The maximum atomic E-state index is 12.8. The number of para-hydroxylation sites is 2. The van der Waals surface area contributed by atoms with Crippen LogP contribution in [-0.4, -0.2) is 55.8 Å². The molecule has 1 aliphatic heterocycles. The molecule has 10 heteroatoms. The lowest BCUT2D eigenvalue weighted by atomic mass is 10.2. The van der Waals surface area contributed by atoms with Crippen molar-refractivity contribution in [2.24, 2.45) is 0 Å². The molecule has 0 unspecified atom stereocenters. The number of rotatable bonds is 10. The number of ether oxygens (including phenoxy) is 4. The molecule has 1 heterocycles. The zero-order chi connectivity index (χ0) is 26.9. The van der Waals surface area contributed by atoms with E-state index in [9.17, 15) is 14.4 Å². The molecule has 198 valence electrons. The summed E-state index contributed by atoms with van der Waals surface area (Å²) in [6, 6.07) is 20.8. The first-order chi connectivity index (χ1) is 18.4. The number of halogens is 1. The minimum absolute atomic E-state index is 0.00549. The molecule has 1 aliphatic rings. The van der Waals surface area contributed by atoms with E-state index in [0.717, 1.165) is 11.3 Å². The van der Waals surface area contributed by atoms with Crippen LogP contribution in [0.15, 0.2) is 72.8 Å². The lowest BCUT2D eigenvalue weighted by Crippen LogP contribution is -2.41.